The van der Waals surface area contributed by atoms with E-state index in [0.717, 1.165) is 12.1 Å². The third-order valence-corrected chi connectivity index (χ3v) is 2.03. The Morgan fingerprint density at radius 1 is 1.27 bits per heavy atom. The van der Waals surface area contributed by atoms with Crippen LogP contribution in [-0.4, -0.2) is 12.3 Å². The molecule has 15 heavy (non-hydrogen) atoms. The summed E-state index contributed by atoms with van der Waals surface area (Å²) in [6.45, 7) is 0. The number of carbonyl (C=O) groups excluding carboxylic acids is 1. The summed E-state index contributed by atoms with van der Waals surface area (Å²) in [6, 6.07) is 4.79. The van der Waals surface area contributed by atoms with Gasteiger partial charge in [0.05, 0.1) is 5.92 Å². The Kier molecular flexibility index (Phi) is 3.71. The Morgan fingerprint density at radius 3 is 2.20 bits per heavy atom. The summed E-state index contributed by atoms with van der Waals surface area (Å²) in [5, 5.41) is 0. The van der Waals surface area contributed by atoms with Gasteiger partial charge in [-0.15, -0.1) is 0 Å². The van der Waals surface area contributed by atoms with Crippen molar-refractivity contribution in [2.75, 3.05) is 0 Å². The number of benzene rings is 1. The van der Waals surface area contributed by atoms with Gasteiger partial charge in [0.15, 0.2) is 0 Å². The van der Waals surface area contributed by atoms with Gasteiger partial charge in [-0.1, -0.05) is 12.1 Å². The monoisotopic (exact) mass is 217 g/mol. The van der Waals surface area contributed by atoms with Gasteiger partial charge in [0.1, 0.15) is 5.82 Å². The van der Waals surface area contributed by atoms with E-state index in [2.05, 4.69) is 0 Å². The second-order valence-electron chi connectivity index (χ2n) is 3.13. The molecular weight excluding hydrogens is 207 g/mol. The maximum Gasteiger partial charge on any atom is 0.239 e. The van der Waals surface area contributed by atoms with Gasteiger partial charge in [0.2, 0.25) is 12.3 Å². The van der Waals surface area contributed by atoms with Crippen molar-refractivity contribution in [2.45, 2.75) is 18.8 Å². The number of hydrogen-bond donors (Lipinski definition) is 1. The van der Waals surface area contributed by atoms with E-state index in [9.17, 15) is 18.0 Å². The van der Waals surface area contributed by atoms with E-state index in [4.69, 9.17) is 5.73 Å². The molecule has 1 rings (SSSR count). The van der Waals surface area contributed by atoms with E-state index in [1.807, 2.05) is 0 Å². The standard InChI is InChI=1S/C10H10F3NO/c11-7-3-1-6(2-4-7)8(10(14)15)5-9(12)13/h1-4,8-9H,5H2,(H2,14,15). The van der Waals surface area contributed by atoms with E-state index in [1.165, 1.54) is 12.1 Å². The first kappa shape index (κ1) is 11.6. The van der Waals surface area contributed by atoms with Crippen LogP contribution in [-0.2, 0) is 4.79 Å². The van der Waals surface area contributed by atoms with Crippen molar-refractivity contribution in [3.8, 4) is 0 Å². The first-order valence-corrected chi connectivity index (χ1v) is 4.33. The summed E-state index contributed by atoms with van der Waals surface area (Å²) in [6.07, 6.45) is -3.26. The largest absolute Gasteiger partial charge is 0.369 e. The lowest BCUT2D eigenvalue weighted by atomic mass is 9.95. The highest BCUT2D eigenvalue weighted by atomic mass is 19.3. The average molecular weight is 217 g/mol. The molecule has 82 valence electrons. The smallest absolute Gasteiger partial charge is 0.239 e. The van der Waals surface area contributed by atoms with Crippen molar-refractivity contribution in [2.24, 2.45) is 5.73 Å². The third kappa shape index (κ3) is 3.27. The SMILES string of the molecule is NC(=O)C(CC(F)F)c1ccc(F)cc1. The fourth-order valence-corrected chi connectivity index (χ4v) is 1.29. The van der Waals surface area contributed by atoms with Crippen LogP contribution in [0.4, 0.5) is 13.2 Å². The highest BCUT2D eigenvalue weighted by molar-refractivity contribution is 5.81. The number of hydrogen-bond acceptors (Lipinski definition) is 1. The normalized spacial score (nSPS) is 12.8. The van der Waals surface area contributed by atoms with Crippen LogP contribution in [0.15, 0.2) is 24.3 Å². The topological polar surface area (TPSA) is 43.1 Å². The van der Waals surface area contributed by atoms with Crippen LogP contribution in [0.25, 0.3) is 0 Å². The predicted molar refractivity (Wildman–Crippen MR) is 49.0 cm³/mol. The Morgan fingerprint density at radius 2 is 1.80 bits per heavy atom. The highest BCUT2D eigenvalue weighted by Gasteiger charge is 2.22. The molecule has 0 bridgehead atoms. The maximum atomic E-state index is 12.5. The van der Waals surface area contributed by atoms with Gasteiger partial charge < -0.3 is 5.73 Å². The van der Waals surface area contributed by atoms with Gasteiger partial charge in [-0.3, -0.25) is 4.79 Å². The van der Waals surface area contributed by atoms with Crippen molar-refractivity contribution < 1.29 is 18.0 Å². The van der Waals surface area contributed by atoms with Crippen molar-refractivity contribution in [1.29, 1.82) is 0 Å². The third-order valence-electron chi connectivity index (χ3n) is 2.03. The molecule has 0 heterocycles. The summed E-state index contributed by atoms with van der Waals surface area (Å²) in [7, 11) is 0. The van der Waals surface area contributed by atoms with Gasteiger partial charge in [0.25, 0.3) is 0 Å². The molecule has 2 N–H and O–H groups in total. The molecule has 1 amide bonds. The zero-order chi connectivity index (χ0) is 11.4. The van der Waals surface area contributed by atoms with Crippen molar-refractivity contribution in [1.82, 2.24) is 0 Å². The molecule has 0 fully saturated rings. The van der Waals surface area contributed by atoms with Gasteiger partial charge in [-0.2, -0.15) is 0 Å². The first-order valence-electron chi connectivity index (χ1n) is 4.33. The molecule has 1 atom stereocenters. The summed E-state index contributed by atoms with van der Waals surface area (Å²) >= 11 is 0. The first-order chi connectivity index (χ1) is 7.00. The number of halogens is 3. The lowest BCUT2D eigenvalue weighted by Crippen LogP contribution is -2.23. The number of rotatable bonds is 4. The van der Waals surface area contributed by atoms with Crippen LogP contribution in [0.5, 0.6) is 0 Å². The molecule has 0 radical (unpaired) electrons. The number of amides is 1. The second kappa shape index (κ2) is 4.82. The number of carbonyl (C=O) groups is 1. The zero-order valence-corrected chi connectivity index (χ0v) is 7.79. The van der Waals surface area contributed by atoms with E-state index in [-0.39, 0.29) is 0 Å². The lowest BCUT2D eigenvalue weighted by Gasteiger charge is -2.12. The highest BCUT2D eigenvalue weighted by Crippen LogP contribution is 2.23. The summed E-state index contributed by atoms with van der Waals surface area (Å²) in [5.41, 5.74) is 5.30. The zero-order valence-electron chi connectivity index (χ0n) is 7.79. The number of alkyl halides is 2. The van der Waals surface area contributed by atoms with Crippen LogP contribution in [0.3, 0.4) is 0 Å². The van der Waals surface area contributed by atoms with Crippen LogP contribution in [0, 0.1) is 5.82 Å². The molecule has 5 heteroatoms. The molecule has 0 aliphatic rings. The van der Waals surface area contributed by atoms with Crippen molar-refractivity contribution in [3.63, 3.8) is 0 Å². The minimum absolute atomic E-state index is 0.309. The Hall–Kier alpha value is -1.52. The molecule has 1 unspecified atom stereocenters. The fourth-order valence-electron chi connectivity index (χ4n) is 1.29. The summed E-state index contributed by atoms with van der Waals surface area (Å²) < 4.78 is 36.8. The van der Waals surface area contributed by atoms with Crippen LogP contribution in [0.1, 0.15) is 17.9 Å². The summed E-state index contributed by atoms with van der Waals surface area (Å²) in [4.78, 5) is 10.9. The lowest BCUT2D eigenvalue weighted by molar-refractivity contribution is -0.120. The molecule has 1 aromatic carbocycles. The summed E-state index contributed by atoms with van der Waals surface area (Å²) in [5.74, 6) is -2.38. The van der Waals surface area contributed by atoms with Crippen LogP contribution in [0.2, 0.25) is 0 Å². The fraction of sp³-hybridized carbons (Fsp3) is 0.300. The molecule has 0 saturated heterocycles. The molecule has 0 aliphatic carbocycles. The Balaban J connectivity index is 2.89. The van der Waals surface area contributed by atoms with Crippen molar-refractivity contribution in [3.05, 3.63) is 35.6 Å². The van der Waals surface area contributed by atoms with Gasteiger partial charge in [-0.25, -0.2) is 13.2 Å². The second-order valence-corrected chi connectivity index (χ2v) is 3.13. The van der Waals surface area contributed by atoms with Crippen LogP contribution < -0.4 is 5.73 Å². The van der Waals surface area contributed by atoms with Crippen LogP contribution >= 0.6 is 0 Å². The predicted octanol–water partition coefficient (Wildman–Crippen LogP) is 2.05. The van der Waals surface area contributed by atoms with Gasteiger partial charge >= 0.3 is 0 Å². The Bertz CT molecular complexity index is 337. The quantitative estimate of drug-likeness (QED) is 0.824. The molecule has 0 aromatic heterocycles. The molecule has 1 aromatic rings. The van der Waals surface area contributed by atoms with E-state index in [0.29, 0.717) is 5.56 Å². The average Bonchev–Trinajstić information content (AvgIpc) is 2.15. The van der Waals surface area contributed by atoms with E-state index >= 15 is 0 Å². The molecule has 2 nitrogen and oxygen atoms in total. The maximum absolute atomic E-state index is 12.5. The molecule has 0 aliphatic heterocycles. The van der Waals surface area contributed by atoms with Crippen molar-refractivity contribution >= 4 is 5.91 Å². The molecular formula is C10H10F3NO. The van der Waals surface area contributed by atoms with E-state index in [1.54, 1.807) is 0 Å². The minimum atomic E-state index is -2.62. The minimum Gasteiger partial charge on any atom is -0.369 e. The van der Waals surface area contributed by atoms with Gasteiger partial charge in [0, 0.05) is 6.42 Å². The van der Waals surface area contributed by atoms with E-state index < -0.39 is 30.5 Å². The Labute approximate surface area is 84.9 Å². The molecule has 0 saturated carbocycles. The number of nitrogens with two attached hydrogens (primary N) is 1. The van der Waals surface area contributed by atoms with Gasteiger partial charge in [-0.05, 0) is 17.7 Å². The molecule has 0 spiro atoms. The number of primary amides is 1.